The minimum absolute atomic E-state index is 0.0616. The summed E-state index contributed by atoms with van der Waals surface area (Å²) in [6.45, 7) is 4.44. The van der Waals surface area contributed by atoms with E-state index in [1.807, 2.05) is 105 Å². The summed E-state index contributed by atoms with van der Waals surface area (Å²) in [6.07, 6.45) is 3.17. The number of ketones is 1. The van der Waals surface area contributed by atoms with Crippen LogP contribution in [0.1, 0.15) is 37.4 Å². The Kier molecular flexibility index (Phi) is 13.6. The fourth-order valence-corrected chi connectivity index (χ4v) is 7.31. The number of carbonyl (C=O) groups is 3. The van der Waals surface area contributed by atoms with Crippen molar-refractivity contribution in [3.63, 3.8) is 0 Å². The van der Waals surface area contributed by atoms with Gasteiger partial charge in [0, 0.05) is 25.2 Å². The Morgan fingerprint density at radius 2 is 1.60 bits per heavy atom. The number of rotatable bonds is 17. The van der Waals surface area contributed by atoms with Gasteiger partial charge in [-0.15, -0.1) is 23.5 Å². The summed E-state index contributed by atoms with van der Waals surface area (Å²) in [4.78, 5) is 43.7. The Hall–Kier alpha value is -3.51. The van der Waals surface area contributed by atoms with Gasteiger partial charge in [-0.05, 0) is 54.5 Å². The summed E-state index contributed by atoms with van der Waals surface area (Å²) in [5.41, 5.74) is 8.43. The maximum atomic E-state index is 14.0. The van der Waals surface area contributed by atoms with E-state index in [0.717, 1.165) is 15.4 Å². The minimum atomic E-state index is -1.21. The number of aliphatic hydroxyl groups excluding tert-OH is 1. The van der Waals surface area contributed by atoms with Crippen molar-refractivity contribution >= 4 is 41.2 Å². The molecule has 5 N–H and O–H groups in total. The quantitative estimate of drug-likeness (QED) is 0.148. The van der Waals surface area contributed by atoms with Gasteiger partial charge in [0.2, 0.25) is 5.91 Å². The molecule has 3 aromatic carbocycles. The van der Waals surface area contributed by atoms with Gasteiger partial charge < -0.3 is 31.1 Å². The number of para-hydroxylation sites is 1. The highest BCUT2D eigenvalue weighted by atomic mass is 32.2. The summed E-state index contributed by atoms with van der Waals surface area (Å²) in [5.74, 6) is -1.17. The third-order valence-corrected chi connectivity index (χ3v) is 9.94. The Morgan fingerprint density at radius 3 is 2.15 bits per heavy atom. The lowest BCUT2D eigenvalue weighted by molar-refractivity contribution is -0.130. The number of ether oxygens (including phenoxy) is 1. The number of thioether (sulfide) groups is 2. The van der Waals surface area contributed by atoms with Crippen molar-refractivity contribution in [2.45, 2.75) is 60.7 Å². The van der Waals surface area contributed by atoms with E-state index in [1.54, 1.807) is 4.90 Å². The molecule has 0 spiro atoms. The fourth-order valence-electron chi connectivity index (χ4n) is 6.11. The lowest BCUT2D eigenvalue weighted by atomic mass is 9.82. The van der Waals surface area contributed by atoms with Crippen molar-refractivity contribution in [3.8, 4) is 5.75 Å². The standard InChI is InChI=1S/C36H46N4O5S2/c1-23(2)33(40-19-18-38-36(40)44)35(43)39-26(20-24-12-7-5-8-13-24)21-27(41)31(32(37)25-14-9-6-10-15-25)28(42)22-45-34-29(46-3)16-11-17-30(34)47-4/h5-17,23,26-27,31-33,41H,18-22,37H2,1-4H3,(H,38,44)(H,39,43)/t26-,27+,31-,32?,33?/m0/s1. The third kappa shape index (κ3) is 9.53. The van der Waals surface area contributed by atoms with Gasteiger partial charge >= 0.3 is 6.03 Å². The molecule has 47 heavy (non-hydrogen) atoms. The number of benzene rings is 3. The predicted octanol–water partition coefficient (Wildman–Crippen LogP) is 4.92. The van der Waals surface area contributed by atoms with Gasteiger partial charge in [-0.1, -0.05) is 80.6 Å². The molecular weight excluding hydrogens is 633 g/mol. The Labute approximate surface area is 286 Å². The molecule has 1 saturated heterocycles. The maximum Gasteiger partial charge on any atom is 0.318 e. The topological polar surface area (TPSA) is 134 Å². The van der Waals surface area contributed by atoms with Gasteiger partial charge in [0.05, 0.1) is 21.8 Å². The first-order chi connectivity index (χ1) is 22.6. The van der Waals surface area contributed by atoms with E-state index in [4.69, 9.17) is 10.5 Å². The number of amides is 3. The number of hydrogen-bond donors (Lipinski definition) is 4. The molecule has 0 radical (unpaired) electrons. The molecule has 0 bridgehead atoms. The van der Waals surface area contributed by atoms with Crippen LogP contribution >= 0.6 is 23.5 Å². The largest absolute Gasteiger partial charge is 0.483 e. The SMILES string of the molecule is CSc1cccc(SC)c1OCC(=O)[C@@H](C(N)c1ccccc1)[C@H](O)C[C@H](Cc1ccccc1)NC(=O)C(C(C)C)N1CCNC1=O. The molecule has 9 nitrogen and oxygen atoms in total. The first-order valence-corrected chi connectivity index (χ1v) is 18.3. The number of aliphatic hydroxyl groups is 1. The van der Waals surface area contributed by atoms with Crippen LogP contribution in [0, 0.1) is 11.8 Å². The zero-order valence-electron chi connectivity index (χ0n) is 27.4. The molecule has 252 valence electrons. The molecule has 3 amide bonds. The fraction of sp³-hybridized carbons (Fsp3) is 0.417. The third-order valence-electron chi connectivity index (χ3n) is 8.42. The van der Waals surface area contributed by atoms with Crippen LogP contribution in [0.4, 0.5) is 4.79 Å². The Bertz CT molecular complexity index is 1450. The van der Waals surface area contributed by atoms with E-state index in [9.17, 15) is 19.5 Å². The summed E-state index contributed by atoms with van der Waals surface area (Å²) < 4.78 is 6.15. The van der Waals surface area contributed by atoms with Crippen LogP contribution in [0.25, 0.3) is 0 Å². The smallest absolute Gasteiger partial charge is 0.318 e. The van der Waals surface area contributed by atoms with E-state index in [0.29, 0.717) is 30.8 Å². The van der Waals surface area contributed by atoms with Crippen molar-refractivity contribution in [2.24, 2.45) is 17.6 Å². The predicted molar refractivity (Wildman–Crippen MR) is 189 cm³/mol. The summed E-state index contributed by atoms with van der Waals surface area (Å²) in [5, 5.41) is 17.8. The van der Waals surface area contributed by atoms with Crippen LogP contribution < -0.4 is 21.1 Å². The molecular formula is C36H46N4O5S2. The minimum Gasteiger partial charge on any atom is -0.483 e. The molecule has 1 aliphatic rings. The second-order valence-electron chi connectivity index (χ2n) is 12.0. The molecule has 5 atom stereocenters. The average Bonchev–Trinajstić information content (AvgIpc) is 3.48. The van der Waals surface area contributed by atoms with E-state index in [1.165, 1.54) is 23.5 Å². The monoisotopic (exact) mass is 678 g/mol. The summed E-state index contributed by atoms with van der Waals surface area (Å²) in [7, 11) is 0. The number of nitrogens with two attached hydrogens (primary N) is 1. The van der Waals surface area contributed by atoms with Gasteiger partial charge in [0.25, 0.3) is 0 Å². The van der Waals surface area contributed by atoms with E-state index in [2.05, 4.69) is 10.6 Å². The van der Waals surface area contributed by atoms with Crippen LogP contribution in [0.15, 0.2) is 88.7 Å². The van der Waals surface area contributed by atoms with Crippen molar-refractivity contribution < 1.29 is 24.2 Å². The number of hydrogen-bond acceptors (Lipinski definition) is 8. The Morgan fingerprint density at radius 1 is 0.979 bits per heavy atom. The van der Waals surface area contributed by atoms with Gasteiger partial charge in [-0.2, -0.15) is 0 Å². The van der Waals surface area contributed by atoms with Crippen molar-refractivity contribution in [2.75, 3.05) is 32.2 Å². The van der Waals surface area contributed by atoms with Gasteiger partial charge in [0.15, 0.2) is 5.78 Å². The highest BCUT2D eigenvalue weighted by Gasteiger charge is 2.38. The van der Waals surface area contributed by atoms with E-state index in [-0.39, 0.29) is 36.7 Å². The molecule has 11 heteroatoms. The number of nitrogens with one attached hydrogen (secondary N) is 2. The molecule has 2 unspecified atom stereocenters. The van der Waals surface area contributed by atoms with Crippen molar-refractivity contribution in [1.82, 2.24) is 15.5 Å². The first kappa shape index (κ1) is 36.3. The average molecular weight is 679 g/mol. The number of Topliss-reactive ketones (excluding diaryl/α,β-unsaturated/α-hetero) is 1. The second-order valence-corrected chi connectivity index (χ2v) is 13.7. The van der Waals surface area contributed by atoms with E-state index < -0.39 is 30.1 Å². The van der Waals surface area contributed by atoms with Gasteiger partial charge in [0.1, 0.15) is 18.4 Å². The second kappa shape index (κ2) is 17.6. The van der Waals surface area contributed by atoms with Crippen LogP contribution in [0.5, 0.6) is 5.75 Å². The molecule has 0 saturated carbocycles. The van der Waals surface area contributed by atoms with Gasteiger partial charge in [-0.3, -0.25) is 9.59 Å². The lowest BCUT2D eigenvalue weighted by Gasteiger charge is -2.33. The number of urea groups is 1. The molecule has 3 aromatic rings. The zero-order valence-corrected chi connectivity index (χ0v) is 29.1. The first-order valence-electron chi connectivity index (χ1n) is 15.9. The van der Waals surface area contributed by atoms with Crippen LogP contribution in [0.3, 0.4) is 0 Å². The molecule has 0 aromatic heterocycles. The van der Waals surface area contributed by atoms with Crippen molar-refractivity contribution in [3.05, 3.63) is 90.0 Å². The van der Waals surface area contributed by atoms with Crippen LogP contribution in [-0.4, -0.2) is 78.1 Å². The lowest BCUT2D eigenvalue weighted by Crippen LogP contribution is -2.54. The summed E-state index contributed by atoms with van der Waals surface area (Å²) >= 11 is 3.06. The van der Waals surface area contributed by atoms with Gasteiger partial charge in [-0.25, -0.2) is 4.79 Å². The highest BCUT2D eigenvalue weighted by molar-refractivity contribution is 7.99. The molecule has 1 fully saturated rings. The zero-order chi connectivity index (χ0) is 33.9. The normalized spacial score (nSPS) is 16.2. The van der Waals surface area contributed by atoms with E-state index >= 15 is 0 Å². The van der Waals surface area contributed by atoms with Crippen molar-refractivity contribution in [1.29, 1.82) is 0 Å². The molecule has 0 aliphatic carbocycles. The van der Waals surface area contributed by atoms with Crippen LogP contribution in [-0.2, 0) is 16.0 Å². The number of nitrogens with zero attached hydrogens (tertiary/aromatic N) is 1. The highest BCUT2D eigenvalue weighted by Crippen LogP contribution is 2.37. The number of carbonyl (C=O) groups excluding carboxylic acids is 3. The molecule has 1 heterocycles. The maximum absolute atomic E-state index is 14.0. The molecule has 1 aliphatic heterocycles. The Balaban J connectivity index is 1.61. The van der Waals surface area contributed by atoms with Crippen LogP contribution in [0.2, 0.25) is 0 Å². The molecule has 4 rings (SSSR count). The summed E-state index contributed by atoms with van der Waals surface area (Å²) in [6, 6.07) is 22.4.